The molecule has 1 amide bonds. The Hall–Kier alpha value is -2.11. The van der Waals surface area contributed by atoms with Crippen LogP contribution < -0.4 is 5.32 Å². The van der Waals surface area contributed by atoms with E-state index in [9.17, 15) is 14.9 Å². The monoisotopic (exact) mass is 324 g/mol. The highest BCUT2D eigenvalue weighted by Gasteiger charge is 2.20. The van der Waals surface area contributed by atoms with Gasteiger partial charge in [0.1, 0.15) is 5.56 Å². The smallest absolute Gasteiger partial charge is 0.282 e. The SMILES string of the molecule is O=C(NCc1ccccc1Cl)c1cc(Cl)ccc1[N+](=O)[O-]. The van der Waals surface area contributed by atoms with Gasteiger partial charge in [0.25, 0.3) is 11.6 Å². The Morgan fingerprint density at radius 1 is 1.19 bits per heavy atom. The first-order valence-corrected chi connectivity index (χ1v) is 6.70. The normalized spacial score (nSPS) is 10.2. The summed E-state index contributed by atoms with van der Waals surface area (Å²) in [6.07, 6.45) is 0. The number of rotatable bonds is 4. The predicted molar refractivity (Wildman–Crippen MR) is 80.7 cm³/mol. The molecule has 108 valence electrons. The highest BCUT2D eigenvalue weighted by Crippen LogP contribution is 2.23. The number of halogens is 2. The Morgan fingerprint density at radius 2 is 1.90 bits per heavy atom. The molecule has 1 N–H and O–H groups in total. The Bertz CT molecular complexity index is 704. The van der Waals surface area contributed by atoms with E-state index in [4.69, 9.17) is 23.2 Å². The van der Waals surface area contributed by atoms with Crippen LogP contribution in [0, 0.1) is 10.1 Å². The third-order valence-electron chi connectivity index (χ3n) is 2.80. The molecular weight excluding hydrogens is 315 g/mol. The van der Waals surface area contributed by atoms with Gasteiger partial charge in [0.2, 0.25) is 0 Å². The lowest BCUT2D eigenvalue weighted by Crippen LogP contribution is -2.23. The maximum absolute atomic E-state index is 12.1. The molecule has 2 aromatic carbocycles. The first-order chi connectivity index (χ1) is 9.99. The molecule has 0 aliphatic rings. The minimum absolute atomic E-state index is 0.0837. The summed E-state index contributed by atoms with van der Waals surface area (Å²) in [7, 11) is 0. The topological polar surface area (TPSA) is 72.2 Å². The van der Waals surface area contributed by atoms with Crippen molar-refractivity contribution in [1.82, 2.24) is 5.32 Å². The molecule has 0 aliphatic heterocycles. The number of hydrogen-bond donors (Lipinski definition) is 1. The summed E-state index contributed by atoms with van der Waals surface area (Å²) in [4.78, 5) is 22.4. The van der Waals surface area contributed by atoms with Gasteiger partial charge >= 0.3 is 0 Å². The summed E-state index contributed by atoms with van der Waals surface area (Å²) < 4.78 is 0. The van der Waals surface area contributed by atoms with Crippen molar-refractivity contribution in [1.29, 1.82) is 0 Å². The molecule has 0 atom stereocenters. The number of nitro groups is 1. The fourth-order valence-electron chi connectivity index (χ4n) is 1.76. The van der Waals surface area contributed by atoms with Crippen LogP contribution in [0.3, 0.4) is 0 Å². The molecule has 21 heavy (non-hydrogen) atoms. The molecule has 0 heterocycles. The van der Waals surface area contributed by atoms with Gasteiger partial charge < -0.3 is 5.32 Å². The van der Waals surface area contributed by atoms with Crippen molar-refractivity contribution in [2.24, 2.45) is 0 Å². The second-order valence-electron chi connectivity index (χ2n) is 4.19. The van der Waals surface area contributed by atoms with Gasteiger partial charge in [-0.2, -0.15) is 0 Å². The highest BCUT2D eigenvalue weighted by molar-refractivity contribution is 6.31. The third-order valence-corrected chi connectivity index (χ3v) is 3.40. The lowest BCUT2D eigenvalue weighted by atomic mass is 10.1. The first-order valence-electron chi connectivity index (χ1n) is 5.94. The molecule has 5 nitrogen and oxygen atoms in total. The van der Waals surface area contributed by atoms with Crippen LogP contribution in [0.25, 0.3) is 0 Å². The van der Waals surface area contributed by atoms with Crippen molar-refractivity contribution >= 4 is 34.8 Å². The number of nitro benzene ring substituents is 1. The molecule has 2 aromatic rings. The van der Waals surface area contributed by atoms with E-state index in [0.29, 0.717) is 5.02 Å². The van der Waals surface area contributed by atoms with Gasteiger partial charge in [-0.15, -0.1) is 0 Å². The van der Waals surface area contributed by atoms with Crippen LogP contribution in [0.2, 0.25) is 10.0 Å². The molecule has 0 unspecified atom stereocenters. The quantitative estimate of drug-likeness (QED) is 0.686. The van der Waals surface area contributed by atoms with Crippen LogP contribution in [0.15, 0.2) is 42.5 Å². The fourth-order valence-corrected chi connectivity index (χ4v) is 2.14. The van der Waals surface area contributed by atoms with Gasteiger partial charge in [-0.05, 0) is 23.8 Å². The second-order valence-corrected chi connectivity index (χ2v) is 5.04. The average Bonchev–Trinajstić information content (AvgIpc) is 2.45. The maximum Gasteiger partial charge on any atom is 0.282 e. The Morgan fingerprint density at radius 3 is 2.57 bits per heavy atom. The largest absolute Gasteiger partial charge is 0.348 e. The molecule has 0 aromatic heterocycles. The molecule has 2 rings (SSSR count). The van der Waals surface area contributed by atoms with Gasteiger partial charge in [-0.3, -0.25) is 14.9 Å². The van der Waals surface area contributed by atoms with E-state index < -0.39 is 10.8 Å². The van der Waals surface area contributed by atoms with Crippen LogP contribution in [-0.2, 0) is 6.54 Å². The maximum atomic E-state index is 12.1. The molecule has 0 bridgehead atoms. The first kappa shape index (κ1) is 15.3. The second kappa shape index (κ2) is 6.56. The highest BCUT2D eigenvalue weighted by atomic mass is 35.5. The summed E-state index contributed by atoms with van der Waals surface area (Å²) in [5, 5.41) is 14.3. The molecular formula is C14H10Cl2N2O3. The van der Waals surface area contributed by atoms with Crippen LogP contribution in [0.5, 0.6) is 0 Å². The average molecular weight is 325 g/mol. The zero-order valence-corrected chi connectivity index (χ0v) is 12.2. The number of nitrogens with one attached hydrogen (secondary N) is 1. The number of hydrogen-bond acceptors (Lipinski definition) is 3. The zero-order valence-electron chi connectivity index (χ0n) is 10.7. The van der Waals surface area contributed by atoms with Crippen LogP contribution in [0.4, 0.5) is 5.69 Å². The minimum Gasteiger partial charge on any atom is -0.348 e. The molecule has 0 spiro atoms. The lowest BCUT2D eigenvalue weighted by Gasteiger charge is -2.07. The number of nitrogens with zero attached hydrogens (tertiary/aromatic N) is 1. The van der Waals surface area contributed by atoms with Crippen molar-refractivity contribution in [2.45, 2.75) is 6.54 Å². The van der Waals surface area contributed by atoms with Gasteiger partial charge in [-0.1, -0.05) is 41.4 Å². The van der Waals surface area contributed by atoms with Crippen molar-refractivity contribution in [3.05, 3.63) is 73.8 Å². The molecule has 0 saturated heterocycles. The fraction of sp³-hybridized carbons (Fsp3) is 0.0714. The van der Waals surface area contributed by atoms with Crippen LogP contribution >= 0.6 is 23.2 Å². The van der Waals surface area contributed by atoms with Gasteiger partial charge in [-0.25, -0.2) is 0 Å². The number of carbonyl (C=O) groups excluding carboxylic acids is 1. The van der Waals surface area contributed by atoms with Gasteiger partial charge in [0.05, 0.1) is 4.92 Å². The van der Waals surface area contributed by atoms with E-state index in [-0.39, 0.29) is 22.8 Å². The van der Waals surface area contributed by atoms with Gasteiger partial charge in [0, 0.05) is 22.7 Å². The molecule has 7 heteroatoms. The summed E-state index contributed by atoms with van der Waals surface area (Å²) in [5.41, 5.74) is 0.341. The van der Waals surface area contributed by atoms with Crippen molar-refractivity contribution in [3.63, 3.8) is 0 Å². The van der Waals surface area contributed by atoms with Crippen molar-refractivity contribution in [3.8, 4) is 0 Å². The number of benzene rings is 2. The van der Waals surface area contributed by atoms with Crippen LogP contribution in [-0.4, -0.2) is 10.8 Å². The van der Waals surface area contributed by atoms with E-state index in [1.165, 1.54) is 18.2 Å². The minimum atomic E-state index is -0.624. The van der Waals surface area contributed by atoms with Gasteiger partial charge in [0.15, 0.2) is 0 Å². The van der Waals surface area contributed by atoms with E-state index in [1.807, 2.05) is 0 Å². The van der Waals surface area contributed by atoms with E-state index in [0.717, 1.165) is 5.56 Å². The Kier molecular flexibility index (Phi) is 4.77. The standard InChI is InChI=1S/C14H10Cl2N2O3/c15-10-5-6-13(18(20)21)11(7-10)14(19)17-8-9-3-1-2-4-12(9)16/h1-7H,8H2,(H,17,19). The molecule has 0 radical (unpaired) electrons. The Labute approximate surface area is 130 Å². The summed E-state index contributed by atoms with van der Waals surface area (Å²) >= 11 is 11.8. The molecule has 0 aliphatic carbocycles. The van der Waals surface area contributed by atoms with E-state index in [2.05, 4.69) is 5.32 Å². The van der Waals surface area contributed by atoms with E-state index in [1.54, 1.807) is 24.3 Å². The molecule has 0 saturated carbocycles. The molecule has 0 fully saturated rings. The summed E-state index contributed by atoms with van der Waals surface area (Å²) in [6.45, 7) is 0.169. The number of carbonyl (C=O) groups is 1. The summed E-state index contributed by atoms with van der Waals surface area (Å²) in [5.74, 6) is -0.580. The van der Waals surface area contributed by atoms with E-state index >= 15 is 0 Å². The van der Waals surface area contributed by atoms with Crippen molar-refractivity contribution < 1.29 is 9.72 Å². The van der Waals surface area contributed by atoms with Crippen LogP contribution in [0.1, 0.15) is 15.9 Å². The lowest BCUT2D eigenvalue weighted by molar-refractivity contribution is -0.385. The third kappa shape index (κ3) is 3.71. The zero-order chi connectivity index (χ0) is 15.4. The summed E-state index contributed by atoms with van der Waals surface area (Å²) in [6, 6.07) is 10.9. The van der Waals surface area contributed by atoms with Crippen molar-refractivity contribution in [2.75, 3.05) is 0 Å². The number of amides is 1. The Balaban J connectivity index is 2.19. The predicted octanol–water partition coefficient (Wildman–Crippen LogP) is 3.83.